The van der Waals surface area contributed by atoms with Crippen LogP contribution in [-0.2, 0) is 14.3 Å². The lowest BCUT2D eigenvalue weighted by atomic mass is 9.95. The molecule has 7 nitrogen and oxygen atoms in total. The number of carbonyl (C=O) groups is 2. The number of nitro groups is 1. The summed E-state index contributed by atoms with van der Waals surface area (Å²) in [6.07, 6.45) is 5.04. The first-order chi connectivity index (χ1) is 11.0. The number of hydrogen-bond donors (Lipinski definition) is 1. The highest BCUT2D eigenvalue weighted by Crippen LogP contribution is 2.24. The highest BCUT2D eigenvalue weighted by Gasteiger charge is 2.26. The van der Waals surface area contributed by atoms with Crippen LogP contribution < -0.4 is 5.32 Å². The van der Waals surface area contributed by atoms with Gasteiger partial charge in [0.1, 0.15) is 5.69 Å². The molecule has 0 spiro atoms. The zero-order valence-corrected chi connectivity index (χ0v) is 12.7. The second kappa shape index (κ2) is 7.53. The van der Waals surface area contributed by atoms with E-state index in [1.165, 1.54) is 25.1 Å². The van der Waals surface area contributed by atoms with Gasteiger partial charge in [0.25, 0.3) is 11.6 Å². The third kappa shape index (κ3) is 4.38. The van der Waals surface area contributed by atoms with E-state index in [1.54, 1.807) is 6.07 Å². The summed E-state index contributed by atoms with van der Waals surface area (Å²) in [7, 11) is 0. The Hall–Kier alpha value is -2.70. The number of allylic oxidation sites excluding steroid dienone is 2. The molecule has 1 N–H and O–H groups in total. The predicted molar refractivity (Wildman–Crippen MR) is 83.8 cm³/mol. The van der Waals surface area contributed by atoms with E-state index < -0.39 is 22.9 Å². The molecule has 23 heavy (non-hydrogen) atoms. The number of rotatable bonds is 5. The van der Waals surface area contributed by atoms with Crippen LogP contribution in [0.15, 0.2) is 36.4 Å². The maximum Gasteiger partial charge on any atom is 0.310 e. The van der Waals surface area contributed by atoms with Crippen LogP contribution in [0.3, 0.4) is 0 Å². The summed E-state index contributed by atoms with van der Waals surface area (Å²) in [5.41, 5.74) is -0.136. The minimum atomic E-state index is -1.02. The van der Waals surface area contributed by atoms with Crippen molar-refractivity contribution in [3.63, 3.8) is 0 Å². The van der Waals surface area contributed by atoms with Gasteiger partial charge in [0.15, 0.2) is 6.10 Å². The molecule has 0 fully saturated rings. The number of nitrogens with zero attached hydrogens (tertiary/aromatic N) is 1. The normalized spacial score (nSPS) is 18.0. The average Bonchev–Trinajstić information content (AvgIpc) is 2.55. The van der Waals surface area contributed by atoms with Gasteiger partial charge in [-0.25, -0.2) is 0 Å². The quantitative estimate of drug-likeness (QED) is 0.389. The second-order valence-corrected chi connectivity index (χ2v) is 5.32. The minimum Gasteiger partial charge on any atom is -0.452 e. The Kier molecular flexibility index (Phi) is 5.46. The summed E-state index contributed by atoms with van der Waals surface area (Å²) in [5, 5.41) is 13.3. The van der Waals surface area contributed by atoms with Gasteiger partial charge in [-0.3, -0.25) is 19.7 Å². The Morgan fingerprint density at radius 3 is 2.74 bits per heavy atom. The number of carbonyl (C=O) groups excluding carboxylic acids is 2. The molecule has 122 valence electrons. The molecule has 0 saturated carbocycles. The lowest BCUT2D eigenvalue weighted by molar-refractivity contribution is -0.383. The van der Waals surface area contributed by atoms with Gasteiger partial charge in [0, 0.05) is 6.07 Å². The van der Waals surface area contributed by atoms with E-state index in [9.17, 15) is 19.7 Å². The SMILES string of the molecule is C[C@H](OC(=O)[C@@H]1CC=CCC1)C(=O)Nc1ccccc1[N+](=O)[O-]. The van der Waals surface area contributed by atoms with Crippen molar-refractivity contribution in [2.45, 2.75) is 32.3 Å². The van der Waals surface area contributed by atoms with E-state index >= 15 is 0 Å². The number of ether oxygens (including phenoxy) is 1. The summed E-state index contributed by atoms with van der Waals surface area (Å²) < 4.78 is 5.17. The van der Waals surface area contributed by atoms with Crippen LogP contribution in [0, 0.1) is 16.0 Å². The lowest BCUT2D eigenvalue weighted by Gasteiger charge is -2.19. The molecule has 0 saturated heterocycles. The molecule has 0 bridgehead atoms. The summed E-state index contributed by atoms with van der Waals surface area (Å²) in [6, 6.07) is 5.80. The standard InChI is InChI=1S/C16H18N2O5/c1-11(23-16(20)12-7-3-2-4-8-12)15(19)17-13-9-5-6-10-14(13)18(21)22/h2-3,5-6,9-12H,4,7-8H2,1H3,(H,17,19)/t11-,12+/m0/s1. The van der Waals surface area contributed by atoms with Crippen molar-refractivity contribution >= 4 is 23.3 Å². The molecular weight excluding hydrogens is 300 g/mol. The Balaban J connectivity index is 1.96. The lowest BCUT2D eigenvalue weighted by Crippen LogP contribution is -2.32. The van der Waals surface area contributed by atoms with Gasteiger partial charge in [-0.15, -0.1) is 0 Å². The maximum atomic E-state index is 12.1. The van der Waals surface area contributed by atoms with E-state index in [2.05, 4.69) is 5.32 Å². The van der Waals surface area contributed by atoms with E-state index in [-0.39, 0.29) is 17.3 Å². The smallest absolute Gasteiger partial charge is 0.310 e. The largest absolute Gasteiger partial charge is 0.452 e. The van der Waals surface area contributed by atoms with Crippen molar-refractivity contribution in [2.75, 3.05) is 5.32 Å². The average molecular weight is 318 g/mol. The maximum absolute atomic E-state index is 12.1. The van der Waals surface area contributed by atoms with Crippen LogP contribution in [-0.4, -0.2) is 22.9 Å². The molecule has 1 aliphatic rings. The van der Waals surface area contributed by atoms with Crippen LogP contribution in [0.2, 0.25) is 0 Å². The van der Waals surface area contributed by atoms with Crippen LogP contribution in [0.1, 0.15) is 26.2 Å². The number of esters is 1. The minimum absolute atomic E-state index is 0.0750. The topological polar surface area (TPSA) is 98.5 Å². The Labute approximate surface area is 133 Å². The molecule has 2 atom stereocenters. The van der Waals surface area contributed by atoms with Gasteiger partial charge in [0.2, 0.25) is 0 Å². The second-order valence-electron chi connectivity index (χ2n) is 5.32. The summed E-state index contributed by atoms with van der Waals surface area (Å²) in [4.78, 5) is 34.4. The number of benzene rings is 1. The number of amides is 1. The fraction of sp³-hybridized carbons (Fsp3) is 0.375. The van der Waals surface area contributed by atoms with E-state index in [0.29, 0.717) is 12.8 Å². The van der Waals surface area contributed by atoms with E-state index in [1.807, 2.05) is 12.2 Å². The molecule has 0 aliphatic heterocycles. The van der Waals surface area contributed by atoms with Crippen LogP contribution in [0.4, 0.5) is 11.4 Å². The van der Waals surface area contributed by atoms with E-state index in [0.717, 1.165) is 6.42 Å². The van der Waals surface area contributed by atoms with Gasteiger partial charge >= 0.3 is 5.97 Å². The Bertz CT molecular complexity index is 641. The molecule has 1 aromatic carbocycles. The molecule has 1 aliphatic carbocycles. The number of para-hydroxylation sites is 2. The molecule has 1 aromatic rings. The van der Waals surface area contributed by atoms with Gasteiger partial charge in [-0.05, 0) is 32.3 Å². The highest BCUT2D eigenvalue weighted by molar-refractivity contribution is 5.96. The van der Waals surface area contributed by atoms with Gasteiger partial charge < -0.3 is 10.1 Å². The third-order valence-electron chi connectivity index (χ3n) is 3.62. The molecule has 1 amide bonds. The van der Waals surface area contributed by atoms with Gasteiger partial charge in [-0.2, -0.15) is 0 Å². The van der Waals surface area contributed by atoms with Crippen molar-refractivity contribution in [3.8, 4) is 0 Å². The molecule has 0 aromatic heterocycles. The first-order valence-corrected chi connectivity index (χ1v) is 7.39. The van der Waals surface area contributed by atoms with Crippen molar-refractivity contribution < 1.29 is 19.2 Å². The van der Waals surface area contributed by atoms with Gasteiger partial charge in [-0.1, -0.05) is 24.3 Å². The molecule has 0 heterocycles. The summed E-state index contributed by atoms with van der Waals surface area (Å²) >= 11 is 0. The molecule has 0 radical (unpaired) electrons. The molecule has 0 unspecified atom stereocenters. The highest BCUT2D eigenvalue weighted by atomic mass is 16.6. The van der Waals surface area contributed by atoms with E-state index in [4.69, 9.17) is 4.74 Å². The molecule has 7 heteroatoms. The number of anilines is 1. The predicted octanol–water partition coefficient (Wildman–Crippen LogP) is 2.82. The van der Waals surface area contributed by atoms with Gasteiger partial charge in [0.05, 0.1) is 10.8 Å². The van der Waals surface area contributed by atoms with Crippen molar-refractivity contribution in [1.82, 2.24) is 0 Å². The summed E-state index contributed by atoms with van der Waals surface area (Å²) in [5.74, 6) is -1.25. The number of nitro benzene ring substituents is 1. The first kappa shape index (κ1) is 16.7. The monoisotopic (exact) mass is 318 g/mol. The zero-order valence-electron chi connectivity index (χ0n) is 12.7. The van der Waals surface area contributed by atoms with Crippen molar-refractivity contribution in [1.29, 1.82) is 0 Å². The summed E-state index contributed by atoms with van der Waals surface area (Å²) in [6.45, 7) is 1.45. The fourth-order valence-corrected chi connectivity index (χ4v) is 2.30. The molecular formula is C16H18N2O5. The van der Waals surface area contributed by atoms with Crippen LogP contribution in [0.5, 0.6) is 0 Å². The van der Waals surface area contributed by atoms with Crippen molar-refractivity contribution in [2.24, 2.45) is 5.92 Å². The zero-order chi connectivity index (χ0) is 16.8. The fourth-order valence-electron chi connectivity index (χ4n) is 2.30. The Morgan fingerprint density at radius 2 is 2.09 bits per heavy atom. The van der Waals surface area contributed by atoms with Crippen LogP contribution >= 0.6 is 0 Å². The number of hydrogen-bond acceptors (Lipinski definition) is 5. The number of nitrogens with one attached hydrogen (secondary N) is 1. The third-order valence-corrected chi connectivity index (χ3v) is 3.62. The van der Waals surface area contributed by atoms with Crippen LogP contribution in [0.25, 0.3) is 0 Å². The first-order valence-electron chi connectivity index (χ1n) is 7.39. The molecule has 2 rings (SSSR count). The Morgan fingerprint density at radius 1 is 1.35 bits per heavy atom. The van der Waals surface area contributed by atoms with Crippen molar-refractivity contribution in [3.05, 3.63) is 46.5 Å².